The number of ketones is 1. The summed E-state index contributed by atoms with van der Waals surface area (Å²) in [5, 5.41) is 9.73. The molecule has 1 rings (SSSR count). The van der Waals surface area contributed by atoms with Gasteiger partial charge in [0.15, 0.2) is 5.78 Å². The first-order valence-corrected chi connectivity index (χ1v) is 5.45. The second-order valence-electron chi connectivity index (χ2n) is 4.86. The van der Waals surface area contributed by atoms with E-state index in [2.05, 4.69) is 0 Å². The molecule has 0 saturated heterocycles. The van der Waals surface area contributed by atoms with Crippen molar-refractivity contribution in [3.8, 4) is 0 Å². The normalized spacial score (nSPS) is 11.4. The number of anilines is 1. The van der Waals surface area contributed by atoms with E-state index in [0.717, 1.165) is 0 Å². The summed E-state index contributed by atoms with van der Waals surface area (Å²) in [5.41, 5.74) is -0.339. The van der Waals surface area contributed by atoms with Crippen molar-refractivity contribution in [1.29, 1.82) is 0 Å². The number of hydrogen-bond acceptors (Lipinski definition) is 3. The fourth-order valence-electron chi connectivity index (χ4n) is 1.84. The lowest BCUT2D eigenvalue weighted by Gasteiger charge is -2.28. The standard InChI is InChI=1S/C13H18FNO2/c1-9(16)12-10(14)6-5-7-11(12)15(4)8-13(2,3)17/h5-7,17H,8H2,1-4H3. The number of benzene rings is 1. The Bertz CT molecular complexity index is 424. The summed E-state index contributed by atoms with van der Waals surface area (Å²) in [6, 6.07) is 4.49. The van der Waals surface area contributed by atoms with Gasteiger partial charge in [-0.05, 0) is 32.9 Å². The molecule has 0 spiro atoms. The molecule has 0 radical (unpaired) electrons. The average Bonchev–Trinajstić information content (AvgIpc) is 2.13. The van der Waals surface area contributed by atoms with Gasteiger partial charge >= 0.3 is 0 Å². The third-order valence-corrected chi connectivity index (χ3v) is 2.38. The zero-order valence-corrected chi connectivity index (χ0v) is 10.6. The fourth-order valence-corrected chi connectivity index (χ4v) is 1.84. The molecule has 0 aliphatic rings. The Labute approximate surface area is 101 Å². The van der Waals surface area contributed by atoms with Crippen LogP contribution in [0.5, 0.6) is 0 Å². The molecule has 0 saturated carbocycles. The van der Waals surface area contributed by atoms with Crippen LogP contribution >= 0.6 is 0 Å². The predicted molar refractivity (Wildman–Crippen MR) is 66.0 cm³/mol. The first-order valence-electron chi connectivity index (χ1n) is 5.45. The van der Waals surface area contributed by atoms with Crippen molar-refractivity contribution in [3.05, 3.63) is 29.6 Å². The Morgan fingerprint density at radius 3 is 2.53 bits per heavy atom. The molecule has 1 aromatic carbocycles. The SMILES string of the molecule is CC(=O)c1c(F)cccc1N(C)CC(C)(C)O. The second kappa shape index (κ2) is 4.84. The van der Waals surface area contributed by atoms with Crippen molar-refractivity contribution in [2.24, 2.45) is 0 Å². The van der Waals surface area contributed by atoms with E-state index in [-0.39, 0.29) is 11.3 Å². The van der Waals surface area contributed by atoms with Gasteiger partial charge in [-0.2, -0.15) is 0 Å². The van der Waals surface area contributed by atoms with E-state index >= 15 is 0 Å². The molecule has 94 valence electrons. The molecule has 0 unspecified atom stereocenters. The highest BCUT2D eigenvalue weighted by atomic mass is 19.1. The van der Waals surface area contributed by atoms with Gasteiger partial charge in [0.1, 0.15) is 5.82 Å². The largest absolute Gasteiger partial charge is 0.389 e. The van der Waals surface area contributed by atoms with Crippen LogP contribution in [-0.4, -0.2) is 30.1 Å². The minimum absolute atomic E-state index is 0.0688. The van der Waals surface area contributed by atoms with Crippen LogP contribution in [0.15, 0.2) is 18.2 Å². The third-order valence-electron chi connectivity index (χ3n) is 2.38. The lowest BCUT2D eigenvalue weighted by atomic mass is 10.1. The van der Waals surface area contributed by atoms with Gasteiger partial charge in [-0.3, -0.25) is 4.79 Å². The van der Waals surface area contributed by atoms with E-state index in [4.69, 9.17) is 0 Å². The van der Waals surface area contributed by atoms with E-state index in [0.29, 0.717) is 12.2 Å². The molecule has 0 atom stereocenters. The number of nitrogens with zero attached hydrogens (tertiary/aromatic N) is 1. The van der Waals surface area contributed by atoms with E-state index in [9.17, 15) is 14.3 Å². The Kier molecular flexibility index (Phi) is 3.88. The summed E-state index contributed by atoms with van der Waals surface area (Å²) in [4.78, 5) is 13.1. The van der Waals surface area contributed by atoms with Gasteiger partial charge < -0.3 is 10.0 Å². The number of aliphatic hydroxyl groups is 1. The molecule has 0 bridgehead atoms. The maximum atomic E-state index is 13.6. The molecule has 1 aromatic rings. The van der Waals surface area contributed by atoms with Crippen molar-refractivity contribution in [2.45, 2.75) is 26.4 Å². The van der Waals surface area contributed by atoms with Crippen LogP contribution in [0.25, 0.3) is 0 Å². The first kappa shape index (κ1) is 13.6. The number of hydrogen-bond donors (Lipinski definition) is 1. The Balaban J connectivity index is 3.13. The monoisotopic (exact) mass is 239 g/mol. The lowest BCUT2D eigenvalue weighted by molar-refractivity contribution is 0.0882. The van der Waals surface area contributed by atoms with Crippen LogP contribution in [0.3, 0.4) is 0 Å². The highest BCUT2D eigenvalue weighted by molar-refractivity contribution is 6.00. The highest BCUT2D eigenvalue weighted by Gasteiger charge is 2.20. The molecule has 0 amide bonds. The highest BCUT2D eigenvalue weighted by Crippen LogP contribution is 2.24. The summed E-state index contributed by atoms with van der Waals surface area (Å²) in [7, 11) is 1.72. The molecule has 4 heteroatoms. The third kappa shape index (κ3) is 3.53. The molecule has 0 aliphatic carbocycles. The minimum Gasteiger partial charge on any atom is -0.389 e. The maximum absolute atomic E-state index is 13.6. The van der Waals surface area contributed by atoms with Crippen molar-refractivity contribution in [2.75, 3.05) is 18.5 Å². The van der Waals surface area contributed by atoms with Crippen LogP contribution in [-0.2, 0) is 0 Å². The topological polar surface area (TPSA) is 40.5 Å². The van der Waals surface area contributed by atoms with Gasteiger partial charge in [0.2, 0.25) is 0 Å². The fraction of sp³-hybridized carbons (Fsp3) is 0.462. The van der Waals surface area contributed by atoms with Crippen molar-refractivity contribution >= 4 is 11.5 Å². The number of carbonyl (C=O) groups is 1. The first-order chi connectivity index (χ1) is 7.72. The van der Waals surface area contributed by atoms with Crippen LogP contribution < -0.4 is 4.90 Å². The summed E-state index contributed by atoms with van der Waals surface area (Å²) in [5.74, 6) is -0.849. The van der Waals surface area contributed by atoms with Crippen molar-refractivity contribution in [3.63, 3.8) is 0 Å². The van der Waals surface area contributed by atoms with E-state index in [1.54, 1.807) is 37.9 Å². The molecular formula is C13H18FNO2. The second-order valence-corrected chi connectivity index (χ2v) is 4.86. The molecule has 1 N–H and O–H groups in total. The van der Waals surface area contributed by atoms with E-state index < -0.39 is 11.4 Å². The molecule has 0 aromatic heterocycles. The number of likely N-dealkylation sites (N-methyl/N-ethyl adjacent to an activating group) is 1. The summed E-state index contributed by atoms with van der Waals surface area (Å²) in [6.07, 6.45) is 0. The number of rotatable bonds is 4. The molecule has 17 heavy (non-hydrogen) atoms. The van der Waals surface area contributed by atoms with Gasteiger partial charge in [0.05, 0.1) is 16.9 Å². The number of halogens is 1. The van der Waals surface area contributed by atoms with Gasteiger partial charge in [-0.1, -0.05) is 6.07 Å². The number of carbonyl (C=O) groups excluding carboxylic acids is 1. The Morgan fingerprint density at radius 2 is 2.06 bits per heavy atom. The van der Waals surface area contributed by atoms with Gasteiger partial charge in [-0.25, -0.2) is 4.39 Å². The lowest BCUT2D eigenvalue weighted by Crippen LogP contribution is -2.37. The Morgan fingerprint density at radius 1 is 1.47 bits per heavy atom. The van der Waals surface area contributed by atoms with Crippen molar-refractivity contribution < 1.29 is 14.3 Å². The molecule has 0 fully saturated rings. The molecular weight excluding hydrogens is 221 g/mol. The molecule has 0 heterocycles. The van der Waals surface area contributed by atoms with E-state index in [1.807, 2.05) is 0 Å². The quantitative estimate of drug-likeness (QED) is 0.819. The van der Waals surface area contributed by atoms with Gasteiger partial charge in [-0.15, -0.1) is 0 Å². The van der Waals surface area contributed by atoms with E-state index in [1.165, 1.54) is 13.0 Å². The zero-order chi connectivity index (χ0) is 13.2. The van der Waals surface area contributed by atoms with Crippen LogP contribution in [0.1, 0.15) is 31.1 Å². The maximum Gasteiger partial charge on any atom is 0.164 e. The van der Waals surface area contributed by atoms with Crippen LogP contribution in [0.4, 0.5) is 10.1 Å². The zero-order valence-electron chi connectivity index (χ0n) is 10.6. The predicted octanol–water partition coefficient (Wildman–Crippen LogP) is 2.24. The van der Waals surface area contributed by atoms with Gasteiger partial charge in [0, 0.05) is 13.6 Å². The summed E-state index contributed by atoms with van der Waals surface area (Å²) in [6.45, 7) is 4.98. The van der Waals surface area contributed by atoms with Crippen LogP contribution in [0.2, 0.25) is 0 Å². The van der Waals surface area contributed by atoms with Crippen LogP contribution in [0, 0.1) is 5.82 Å². The Hall–Kier alpha value is -1.42. The minimum atomic E-state index is -0.908. The number of Topliss-reactive ketones (excluding diaryl/α,β-unsaturated/α-hetero) is 1. The summed E-state index contributed by atoms with van der Waals surface area (Å²) < 4.78 is 13.6. The summed E-state index contributed by atoms with van der Waals surface area (Å²) >= 11 is 0. The smallest absolute Gasteiger partial charge is 0.164 e. The molecule has 0 aliphatic heterocycles. The van der Waals surface area contributed by atoms with Gasteiger partial charge in [0.25, 0.3) is 0 Å². The molecule has 3 nitrogen and oxygen atoms in total. The van der Waals surface area contributed by atoms with Crippen molar-refractivity contribution in [1.82, 2.24) is 0 Å². The average molecular weight is 239 g/mol.